The maximum Gasteiger partial charge on any atom is 0.274 e. The summed E-state index contributed by atoms with van der Waals surface area (Å²) in [5, 5.41) is 0. The summed E-state index contributed by atoms with van der Waals surface area (Å²) in [5.41, 5.74) is 3.79. The number of imidazole rings is 1. The van der Waals surface area contributed by atoms with Crippen molar-refractivity contribution < 1.29 is 4.79 Å². The Bertz CT molecular complexity index is 773. The highest BCUT2D eigenvalue weighted by Crippen LogP contribution is 2.21. The average Bonchev–Trinajstić information content (AvgIpc) is 2.84. The molecular weight excluding hydrogens is 344 g/mol. The molecule has 0 spiro atoms. The minimum Gasteiger partial charge on any atom is -0.337 e. The van der Waals surface area contributed by atoms with Gasteiger partial charge >= 0.3 is 0 Å². The molecule has 0 N–H and O–H groups in total. The van der Waals surface area contributed by atoms with E-state index >= 15 is 0 Å². The minimum atomic E-state index is 0.120. The second-order valence-electron chi connectivity index (χ2n) is 7.43. The molecule has 2 aliphatic heterocycles. The number of nitrogens with zero attached hydrogens (tertiary/aromatic N) is 4. The van der Waals surface area contributed by atoms with E-state index in [1.165, 1.54) is 29.9 Å². The fourth-order valence-corrected chi connectivity index (χ4v) is 4.89. The zero-order valence-corrected chi connectivity index (χ0v) is 16.4. The molecule has 4 rings (SSSR count). The maximum absolute atomic E-state index is 13.3. The topological polar surface area (TPSA) is 40.9 Å². The van der Waals surface area contributed by atoms with Crippen molar-refractivity contribution in [1.82, 2.24) is 19.2 Å². The molecule has 2 aromatic rings. The van der Waals surface area contributed by atoms with Gasteiger partial charge in [-0.15, -0.1) is 0 Å². The number of thioether (sulfide) groups is 1. The summed E-state index contributed by atoms with van der Waals surface area (Å²) in [6.45, 7) is 6.78. The van der Waals surface area contributed by atoms with Crippen LogP contribution < -0.4 is 0 Å². The summed E-state index contributed by atoms with van der Waals surface area (Å²) in [5.74, 6) is 2.46. The molecule has 0 aliphatic carbocycles. The summed E-state index contributed by atoms with van der Waals surface area (Å²) < 4.78 is 2.12. The Morgan fingerprint density at radius 3 is 2.58 bits per heavy atom. The molecule has 0 unspecified atom stereocenters. The molecule has 140 valence electrons. The first kappa shape index (κ1) is 17.9. The van der Waals surface area contributed by atoms with E-state index in [-0.39, 0.29) is 5.91 Å². The predicted octanol–water partition coefficient (Wildman–Crippen LogP) is 3.21. The zero-order chi connectivity index (χ0) is 17.9. The molecule has 2 aliphatic rings. The molecule has 2 fully saturated rings. The third-order valence-corrected chi connectivity index (χ3v) is 6.40. The number of hydrogen-bond acceptors (Lipinski definition) is 4. The first-order valence-electron chi connectivity index (χ1n) is 9.79. The second-order valence-corrected chi connectivity index (χ2v) is 8.66. The number of fused-ring (bicyclic) bond motifs is 1. The normalized spacial score (nSPS) is 19.7. The minimum absolute atomic E-state index is 0.120. The van der Waals surface area contributed by atoms with Crippen LogP contribution in [0, 0.1) is 6.92 Å². The Kier molecular flexibility index (Phi) is 5.50. The van der Waals surface area contributed by atoms with E-state index in [2.05, 4.69) is 34.6 Å². The molecule has 5 nitrogen and oxygen atoms in total. The summed E-state index contributed by atoms with van der Waals surface area (Å²) in [7, 11) is 0. The largest absolute Gasteiger partial charge is 0.337 e. The van der Waals surface area contributed by atoms with Crippen LogP contribution in [-0.2, 0) is 6.54 Å². The molecule has 0 radical (unpaired) electrons. The number of carbonyl (C=O) groups excluding carboxylic acids is 1. The number of rotatable bonds is 3. The monoisotopic (exact) mass is 372 g/mol. The van der Waals surface area contributed by atoms with Gasteiger partial charge in [0.1, 0.15) is 5.65 Å². The molecule has 0 atom stereocenters. The van der Waals surface area contributed by atoms with Gasteiger partial charge in [-0.25, -0.2) is 4.98 Å². The van der Waals surface area contributed by atoms with Crippen LogP contribution >= 0.6 is 11.8 Å². The van der Waals surface area contributed by atoms with Gasteiger partial charge in [-0.1, -0.05) is 12.8 Å². The third kappa shape index (κ3) is 3.76. The quantitative estimate of drug-likeness (QED) is 0.830. The number of aryl methyl sites for hydroxylation is 1. The summed E-state index contributed by atoms with van der Waals surface area (Å²) in [6.07, 6.45) is 6.75. The standard InChI is InChI=1S/C20H28N4OS/c1-16-6-9-24-17(15-22-10-12-26-13-11-22)19(21-18(24)14-16)20(25)23-7-4-2-3-5-8-23/h6,9,14H,2-5,7-8,10-13,15H2,1H3. The van der Waals surface area contributed by atoms with Crippen LogP contribution in [0.3, 0.4) is 0 Å². The van der Waals surface area contributed by atoms with Crippen LogP contribution in [0.25, 0.3) is 5.65 Å². The Morgan fingerprint density at radius 1 is 1.12 bits per heavy atom. The lowest BCUT2D eigenvalue weighted by molar-refractivity contribution is 0.0754. The van der Waals surface area contributed by atoms with Crippen LogP contribution in [0.2, 0.25) is 0 Å². The van der Waals surface area contributed by atoms with Crippen molar-refractivity contribution in [2.75, 3.05) is 37.7 Å². The lowest BCUT2D eigenvalue weighted by atomic mass is 10.2. The van der Waals surface area contributed by atoms with Crippen LogP contribution in [0.1, 0.15) is 47.4 Å². The van der Waals surface area contributed by atoms with Crippen molar-refractivity contribution in [2.45, 2.75) is 39.2 Å². The van der Waals surface area contributed by atoms with E-state index in [0.717, 1.165) is 56.9 Å². The number of pyridine rings is 1. The highest BCUT2D eigenvalue weighted by atomic mass is 32.2. The van der Waals surface area contributed by atoms with Crippen molar-refractivity contribution in [3.05, 3.63) is 35.3 Å². The van der Waals surface area contributed by atoms with Gasteiger partial charge in [0, 0.05) is 50.4 Å². The Balaban J connectivity index is 1.69. The molecule has 0 saturated carbocycles. The molecule has 1 amide bonds. The smallest absolute Gasteiger partial charge is 0.274 e. The van der Waals surface area contributed by atoms with Crippen molar-refractivity contribution in [2.24, 2.45) is 0 Å². The summed E-state index contributed by atoms with van der Waals surface area (Å²) >= 11 is 2.01. The molecule has 0 aromatic carbocycles. The highest BCUT2D eigenvalue weighted by Gasteiger charge is 2.26. The second kappa shape index (κ2) is 8.01. The predicted molar refractivity (Wildman–Crippen MR) is 107 cm³/mol. The van der Waals surface area contributed by atoms with E-state index in [9.17, 15) is 4.79 Å². The number of carbonyl (C=O) groups is 1. The van der Waals surface area contributed by atoms with Crippen molar-refractivity contribution in [3.63, 3.8) is 0 Å². The lowest BCUT2D eigenvalue weighted by Crippen LogP contribution is -2.35. The molecular formula is C20H28N4OS. The molecule has 0 bridgehead atoms. The van der Waals surface area contributed by atoms with Crippen LogP contribution in [0.5, 0.6) is 0 Å². The van der Waals surface area contributed by atoms with E-state index < -0.39 is 0 Å². The van der Waals surface area contributed by atoms with Crippen molar-refractivity contribution in [1.29, 1.82) is 0 Å². The van der Waals surface area contributed by atoms with Gasteiger partial charge in [0.25, 0.3) is 5.91 Å². The number of hydrogen-bond donors (Lipinski definition) is 0. The van der Waals surface area contributed by atoms with Crippen molar-refractivity contribution >= 4 is 23.3 Å². The van der Waals surface area contributed by atoms with Gasteiger partial charge in [-0.3, -0.25) is 9.69 Å². The fraction of sp³-hybridized carbons (Fsp3) is 0.600. The van der Waals surface area contributed by atoms with E-state index in [4.69, 9.17) is 4.98 Å². The number of aromatic nitrogens is 2. The number of likely N-dealkylation sites (tertiary alicyclic amines) is 1. The summed E-state index contributed by atoms with van der Waals surface area (Å²) in [4.78, 5) is 22.6. The SMILES string of the molecule is Cc1ccn2c(CN3CCSCC3)c(C(=O)N3CCCCCC3)nc2c1. The molecule has 2 saturated heterocycles. The molecule has 2 aromatic heterocycles. The maximum atomic E-state index is 13.3. The zero-order valence-electron chi connectivity index (χ0n) is 15.6. The van der Waals surface area contributed by atoms with Gasteiger partial charge in [0.05, 0.1) is 5.69 Å². The highest BCUT2D eigenvalue weighted by molar-refractivity contribution is 7.99. The van der Waals surface area contributed by atoms with Crippen LogP contribution in [-0.4, -0.2) is 62.8 Å². The molecule has 4 heterocycles. The number of amides is 1. The van der Waals surface area contributed by atoms with Crippen LogP contribution in [0.4, 0.5) is 0 Å². The fourth-order valence-electron chi connectivity index (χ4n) is 3.91. The van der Waals surface area contributed by atoms with Gasteiger partial charge in [0.15, 0.2) is 5.69 Å². The lowest BCUT2D eigenvalue weighted by Gasteiger charge is -2.26. The van der Waals surface area contributed by atoms with Crippen molar-refractivity contribution in [3.8, 4) is 0 Å². The summed E-state index contributed by atoms with van der Waals surface area (Å²) in [6, 6.07) is 4.18. The van der Waals surface area contributed by atoms with E-state index in [1.807, 2.05) is 16.7 Å². The van der Waals surface area contributed by atoms with E-state index in [1.54, 1.807) is 0 Å². The average molecular weight is 373 g/mol. The van der Waals surface area contributed by atoms with E-state index in [0.29, 0.717) is 5.69 Å². The Labute approximate surface area is 159 Å². The molecule has 26 heavy (non-hydrogen) atoms. The van der Waals surface area contributed by atoms with Gasteiger partial charge in [-0.2, -0.15) is 11.8 Å². The molecule has 6 heteroatoms. The van der Waals surface area contributed by atoms with Gasteiger partial charge in [-0.05, 0) is 37.5 Å². The van der Waals surface area contributed by atoms with Gasteiger partial charge in [0.2, 0.25) is 0 Å². The first-order chi connectivity index (χ1) is 12.7. The third-order valence-electron chi connectivity index (χ3n) is 5.45. The Hall–Kier alpha value is -1.53. The Morgan fingerprint density at radius 2 is 1.85 bits per heavy atom. The van der Waals surface area contributed by atoms with Gasteiger partial charge < -0.3 is 9.30 Å². The first-order valence-corrected chi connectivity index (χ1v) is 10.9. The van der Waals surface area contributed by atoms with Crippen LogP contribution in [0.15, 0.2) is 18.3 Å².